The first-order valence-electron chi connectivity index (χ1n) is 12.2. The van der Waals surface area contributed by atoms with Gasteiger partial charge < -0.3 is 25.8 Å². The largest absolute Gasteiger partial charge is 0.456 e. The van der Waals surface area contributed by atoms with E-state index in [9.17, 15) is 9.18 Å². The van der Waals surface area contributed by atoms with E-state index in [0.717, 1.165) is 31.4 Å². The summed E-state index contributed by atoms with van der Waals surface area (Å²) in [6, 6.07) is 17.2. The maximum atomic E-state index is 14.4. The molecule has 0 saturated heterocycles. The Kier molecular flexibility index (Phi) is 5.99. The summed E-state index contributed by atoms with van der Waals surface area (Å²) in [6.45, 7) is 4.18. The molecule has 4 N–H and O–H groups in total. The monoisotopic (exact) mass is 475 g/mol. The molecule has 3 aromatic carbocycles. The van der Waals surface area contributed by atoms with E-state index in [2.05, 4.69) is 13.8 Å². The van der Waals surface area contributed by atoms with Crippen LogP contribution in [-0.2, 0) is 10.3 Å². The molecule has 0 radical (unpaired) electrons. The topological polar surface area (TPSA) is 90.8 Å². The number of halogens is 1. The molecule has 0 aromatic heterocycles. The highest BCUT2D eigenvalue weighted by Crippen LogP contribution is 2.56. The fourth-order valence-electron chi connectivity index (χ4n) is 5.29. The maximum absolute atomic E-state index is 14.4. The molecule has 6 nitrogen and oxygen atoms in total. The predicted octanol–water partition coefficient (Wildman–Crippen LogP) is 5.37. The van der Waals surface area contributed by atoms with E-state index in [1.807, 2.05) is 35.2 Å². The summed E-state index contributed by atoms with van der Waals surface area (Å²) in [7, 11) is 0. The summed E-state index contributed by atoms with van der Waals surface area (Å²) in [5.41, 5.74) is 14.8. The number of nitrogens with zero attached hydrogens (tertiary/aromatic N) is 1. The van der Waals surface area contributed by atoms with Gasteiger partial charge in [0.05, 0.1) is 23.5 Å². The van der Waals surface area contributed by atoms with Gasteiger partial charge in [0.25, 0.3) is 0 Å². The summed E-state index contributed by atoms with van der Waals surface area (Å²) in [5.74, 6) is 0.0603. The number of fused-ring (bicyclic) bond motifs is 6. The molecule has 1 spiro atoms. The van der Waals surface area contributed by atoms with E-state index in [-0.39, 0.29) is 12.3 Å². The van der Waals surface area contributed by atoms with Crippen LogP contribution >= 0.6 is 0 Å². The summed E-state index contributed by atoms with van der Waals surface area (Å²) in [6.07, 6.45) is 2.89. The molecule has 0 fully saturated rings. The van der Waals surface area contributed by atoms with Crippen molar-refractivity contribution in [2.45, 2.75) is 57.5 Å². The van der Waals surface area contributed by atoms with E-state index in [0.29, 0.717) is 33.8 Å². The van der Waals surface area contributed by atoms with Gasteiger partial charge in [-0.3, -0.25) is 0 Å². The van der Waals surface area contributed by atoms with Crippen molar-refractivity contribution in [1.82, 2.24) is 0 Å². The van der Waals surface area contributed by atoms with Crippen molar-refractivity contribution >= 4 is 11.7 Å². The minimum atomic E-state index is -1.31. The molecule has 0 aliphatic carbocycles. The van der Waals surface area contributed by atoms with Crippen LogP contribution in [0, 0.1) is 5.82 Å². The van der Waals surface area contributed by atoms with Crippen LogP contribution < -0.4 is 21.1 Å². The third kappa shape index (κ3) is 3.66. The van der Waals surface area contributed by atoms with Crippen molar-refractivity contribution in [2.75, 3.05) is 4.90 Å². The highest BCUT2D eigenvalue weighted by molar-refractivity contribution is 5.97. The molecule has 0 amide bonds. The normalized spacial score (nSPS) is 19.3. The quantitative estimate of drug-likeness (QED) is 0.353. The molecule has 3 aromatic rings. The molecule has 35 heavy (non-hydrogen) atoms. The molecule has 3 unspecified atom stereocenters. The van der Waals surface area contributed by atoms with Crippen LogP contribution in [0.15, 0.2) is 60.7 Å². The van der Waals surface area contributed by atoms with E-state index >= 15 is 0 Å². The third-order valence-electron chi connectivity index (χ3n) is 6.84. The van der Waals surface area contributed by atoms with Crippen LogP contribution in [0.25, 0.3) is 0 Å². The Balaban J connectivity index is 1.70. The second kappa shape index (κ2) is 8.98. The van der Waals surface area contributed by atoms with Gasteiger partial charge in [-0.2, -0.15) is 0 Å². The number of esters is 1. The first kappa shape index (κ1) is 23.3. The average molecular weight is 476 g/mol. The lowest BCUT2D eigenvalue weighted by molar-refractivity contribution is 0.0223. The van der Waals surface area contributed by atoms with Gasteiger partial charge >= 0.3 is 5.97 Å². The van der Waals surface area contributed by atoms with Crippen molar-refractivity contribution in [2.24, 2.45) is 11.5 Å². The van der Waals surface area contributed by atoms with E-state index < -0.39 is 17.4 Å². The van der Waals surface area contributed by atoms with Gasteiger partial charge in [-0.05, 0) is 49.2 Å². The average Bonchev–Trinajstić information content (AvgIpc) is 3.13. The molecule has 0 bridgehead atoms. The van der Waals surface area contributed by atoms with E-state index in [4.69, 9.17) is 20.9 Å². The molecule has 182 valence electrons. The van der Waals surface area contributed by atoms with Crippen LogP contribution in [0.2, 0.25) is 0 Å². The molecule has 7 heteroatoms. The highest BCUT2D eigenvalue weighted by Gasteiger charge is 2.53. The van der Waals surface area contributed by atoms with Gasteiger partial charge in [0.15, 0.2) is 5.60 Å². The summed E-state index contributed by atoms with van der Waals surface area (Å²) in [5, 5.41) is 0. The van der Waals surface area contributed by atoms with Crippen LogP contribution in [0.1, 0.15) is 66.6 Å². The number of benzene rings is 3. The standard InChI is InChI=1S/C28H30FN3O3/c1-3-7-25(30)32(26(31)8-4-2)18-12-13-21-24(16-18)34-23-14-11-17(29)15-22(23)28(21)20-10-6-5-9-19(20)27(33)35-28/h5-6,9-16,25-26H,3-4,7-8,30-31H2,1-2H3. The Bertz CT molecular complexity index is 1270. The van der Waals surface area contributed by atoms with Crippen molar-refractivity contribution in [3.63, 3.8) is 0 Å². The fourth-order valence-corrected chi connectivity index (χ4v) is 5.29. The molecule has 2 aliphatic rings. The Morgan fingerprint density at radius 1 is 0.886 bits per heavy atom. The second-order valence-corrected chi connectivity index (χ2v) is 9.16. The zero-order valence-electron chi connectivity index (χ0n) is 20.0. The number of hydrogen-bond acceptors (Lipinski definition) is 6. The van der Waals surface area contributed by atoms with Gasteiger partial charge in [-0.15, -0.1) is 0 Å². The zero-order chi connectivity index (χ0) is 24.7. The number of carbonyl (C=O) groups excluding carboxylic acids is 1. The number of nitrogens with two attached hydrogens (primary N) is 2. The van der Waals surface area contributed by atoms with Crippen molar-refractivity contribution in [1.29, 1.82) is 0 Å². The van der Waals surface area contributed by atoms with Gasteiger partial charge in [0.1, 0.15) is 17.3 Å². The second-order valence-electron chi connectivity index (χ2n) is 9.16. The number of ether oxygens (including phenoxy) is 2. The molecular formula is C28H30FN3O3. The minimum Gasteiger partial charge on any atom is -0.456 e. The fraction of sp³-hybridized carbons (Fsp3) is 0.321. The van der Waals surface area contributed by atoms with Gasteiger partial charge in [-0.1, -0.05) is 44.9 Å². The van der Waals surface area contributed by atoms with E-state index in [1.54, 1.807) is 18.2 Å². The highest BCUT2D eigenvalue weighted by atomic mass is 19.1. The lowest BCUT2D eigenvalue weighted by Crippen LogP contribution is -2.52. The minimum absolute atomic E-state index is 0.261. The lowest BCUT2D eigenvalue weighted by atomic mass is 9.77. The number of carbonyl (C=O) groups is 1. The maximum Gasteiger partial charge on any atom is 0.340 e. The van der Waals surface area contributed by atoms with Crippen molar-refractivity contribution < 1.29 is 18.7 Å². The number of anilines is 1. The SMILES string of the molecule is CCCC(N)N(c1ccc2c(c1)Oc1ccc(F)cc1C21OC(=O)c2ccccc21)C(N)CCC. The predicted molar refractivity (Wildman–Crippen MR) is 133 cm³/mol. The first-order valence-corrected chi connectivity index (χ1v) is 12.2. The number of rotatable bonds is 7. The van der Waals surface area contributed by atoms with Gasteiger partial charge in [-0.25, -0.2) is 9.18 Å². The van der Waals surface area contributed by atoms with Crippen LogP contribution in [0.4, 0.5) is 10.1 Å². The van der Waals surface area contributed by atoms with Crippen LogP contribution in [0.3, 0.4) is 0 Å². The molecule has 0 saturated carbocycles. The summed E-state index contributed by atoms with van der Waals surface area (Å²) < 4.78 is 26.8. The Morgan fingerprint density at radius 2 is 1.60 bits per heavy atom. The Hall–Kier alpha value is -3.42. The zero-order valence-corrected chi connectivity index (χ0v) is 20.0. The third-order valence-corrected chi connectivity index (χ3v) is 6.84. The lowest BCUT2D eigenvalue weighted by Gasteiger charge is -2.39. The van der Waals surface area contributed by atoms with Crippen LogP contribution in [-0.4, -0.2) is 18.3 Å². The van der Waals surface area contributed by atoms with Crippen molar-refractivity contribution in [3.8, 4) is 11.5 Å². The van der Waals surface area contributed by atoms with Gasteiger partial charge in [0, 0.05) is 22.9 Å². The summed E-state index contributed by atoms with van der Waals surface area (Å²) >= 11 is 0. The molecule has 5 rings (SSSR count). The number of hydrogen-bond donors (Lipinski definition) is 2. The summed E-state index contributed by atoms with van der Waals surface area (Å²) in [4.78, 5) is 15.0. The van der Waals surface area contributed by atoms with E-state index in [1.165, 1.54) is 12.1 Å². The first-order chi connectivity index (χ1) is 16.9. The smallest absolute Gasteiger partial charge is 0.340 e. The molecule has 3 atom stereocenters. The Labute approximate surface area is 204 Å². The molecule has 2 aliphatic heterocycles. The van der Waals surface area contributed by atoms with Gasteiger partial charge in [0.2, 0.25) is 0 Å². The Morgan fingerprint density at radius 3 is 2.31 bits per heavy atom. The van der Waals surface area contributed by atoms with Crippen molar-refractivity contribution in [3.05, 3.63) is 88.7 Å². The van der Waals surface area contributed by atoms with Crippen LogP contribution in [0.5, 0.6) is 11.5 Å². The molecular weight excluding hydrogens is 445 g/mol. The molecule has 2 heterocycles.